The quantitative estimate of drug-likeness (QED) is 0.401. The molecule has 1 heteroatoms. The number of unbranched alkanes of at least 4 members (excludes halogenated alkanes) is 2. The summed E-state index contributed by atoms with van der Waals surface area (Å²) in [5.74, 6) is 0. The zero-order valence-electron chi connectivity index (χ0n) is 16.1. The van der Waals surface area contributed by atoms with E-state index in [1.807, 2.05) is 0 Å². The van der Waals surface area contributed by atoms with Crippen molar-refractivity contribution in [1.29, 1.82) is 0 Å². The van der Waals surface area contributed by atoms with Gasteiger partial charge in [0.2, 0.25) is 0 Å². The van der Waals surface area contributed by atoms with Gasteiger partial charge in [0, 0.05) is 0 Å². The fourth-order valence-corrected chi connectivity index (χ4v) is 9.01. The Morgan fingerprint density at radius 1 is 0.783 bits per heavy atom. The van der Waals surface area contributed by atoms with E-state index in [0.717, 1.165) is 0 Å². The van der Waals surface area contributed by atoms with Crippen molar-refractivity contribution < 1.29 is 23.2 Å². The molecule has 0 nitrogen and oxygen atoms in total. The Bertz CT molecular complexity index is 511. The van der Waals surface area contributed by atoms with Crippen LogP contribution in [0.2, 0.25) is 6.25 Å². The molecule has 2 unspecified atom stereocenters. The van der Waals surface area contributed by atoms with Crippen LogP contribution in [0.3, 0.4) is 0 Å². The molecule has 2 aliphatic carbocycles. The molecular weight excluding hydrogens is 355 g/mol. The summed E-state index contributed by atoms with van der Waals surface area (Å²) in [6, 6.07) is 0. The van der Waals surface area contributed by atoms with Gasteiger partial charge in [-0.2, -0.15) is 0 Å². The van der Waals surface area contributed by atoms with E-state index in [1.54, 1.807) is 22.3 Å². The van der Waals surface area contributed by atoms with Gasteiger partial charge in [-0.15, -0.1) is 0 Å². The van der Waals surface area contributed by atoms with Gasteiger partial charge in [0.05, 0.1) is 0 Å². The Labute approximate surface area is 155 Å². The first-order valence-corrected chi connectivity index (χ1v) is 11.9. The van der Waals surface area contributed by atoms with Gasteiger partial charge in [-0.1, -0.05) is 0 Å². The van der Waals surface area contributed by atoms with E-state index in [0.29, 0.717) is 6.25 Å². The topological polar surface area (TPSA) is 0 Å². The van der Waals surface area contributed by atoms with E-state index in [4.69, 9.17) is 0 Å². The van der Waals surface area contributed by atoms with Crippen molar-refractivity contribution in [3.8, 4) is 0 Å². The summed E-state index contributed by atoms with van der Waals surface area (Å²) < 4.78 is 0.792. The van der Waals surface area contributed by atoms with Crippen LogP contribution in [0.15, 0.2) is 46.6 Å². The van der Waals surface area contributed by atoms with Crippen LogP contribution in [0.4, 0.5) is 0 Å². The van der Waals surface area contributed by atoms with Crippen molar-refractivity contribution >= 4 is 0 Å². The van der Waals surface area contributed by atoms with Crippen molar-refractivity contribution in [2.75, 3.05) is 0 Å². The van der Waals surface area contributed by atoms with Gasteiger partial charge in [0.25, 0.3) is 0 Å². The molecule has 0 radical (unpaired) electrons. The SMILES string of the molecule is CCCCC1=C[C](C)([Zr][C]2(C)C=C(CCCC)C=C2C)C(C)=C1. The summed E-state index contributed by atoms with van der Waals surface area (Å²) in [7, 11) is 0. The molecule has 2 atom stereocenters. The van der Waals surface area contributed by atoms with E-state index >= 15 is 0 Å². The van der Waals surface area contributed by atoms with Crippen LogP contribution >= 0.6 is 0 Å². The molecule has 0 amide bonds. The molecular formula is C22H34Zr. The summed E-state index contributed by atoms with van der Waals surface area (Å²) in [5.41, 5.74) is 6.46. The third kappa shape index (κ3) is 4.47. The molecule has 0 saturated carbocycles. The van der Waals surface area contributed by atoms with Gasteiger partial charge in [-0.25, -0.2) is 0 Å². The molecule has 2 aliphatic rings. The third-order valence-electron chi connectivity index (χ3n) is 5.55. The van der Waals surface area contributed by atoms with Crippen LogP contribution in [-0.2, 0) is 23.2 Å². The van der Waals surface area contributed by atoms with Crippen LogP contribution in [0.5, 0.6) is 0 Å². The minimum absolute atomic E-state index is 0.396. The van der Waals surface area contributed by atoms with Gasteiger partial charge in [-0.3, -0.25) is 0 Å². The first-order chi connectivity index (χ1) is 10.8. The van der Waals surface area contributed by atoms with Crippen molar-refractivity contribution in [2.45, 2.75) is 86.3 Å². The van der Waals surface area contributed by atoms with Crippen LogP contribution < -0.4 is 0 Å². The zero-order valence-corrected chi connectivity index (χ0v) is 18.5. The molecule has 0 aliphatic heterocycles. The average molecular weight is 390 g/mol. The predicted molar refractivity (Wildman–Crippen MR) is 99.5 cm³/mol. The second-order valence-corrected chi connectivity index (χ2v) is 13.6. The Morgan fingerprint density at radius 2 is 1.17 bits per heavy atom. The second-order valence-electron chi connectivity index (χ2n) is 7.83. The second kappa shape index (κ2) is 7.82. The molecule has 0 heterocycles. The first-order valence-electron chi connectivity index (χ1n) is 9.43. The van der Waals surface area contributed by atoms with Crippen LogP contribution in [0.25, 0.3) is 0 Å². The van der Waals surface area contributed by atoms with E-state index < -0.39 is 23.2 Å². The molecule has 0 spiro atoms. The molecule has 0 fully saturated rings. The normalized spacial score (nSPS) is 30.0. The van der Waals surface area contributed by atoms with Crippen LogP contribution in [0.1, 0.15) is 80.1 Å². The summed E-state index contributed by atoms with van der Waals surface area (Å²) in [5, 5.41) is 0. The number of hydrogen-bond acceptors (Lipinski definition) is 0. The molecule has 23 heavy (non-hydrogen) atoms. The number of rotatable bonds is 8. The van der Waals surface area contributed by atoms with Gasteiger partial charge in [-0.05, 0) is 0 Å². The Kier molecular flexibility index (Phi) is 6.52. The molecule has 0 aromatic heterocycles. The molecule has 0 aromatic carbocycles. The molecule has 0 saturated heterocycles. The van der Waals surface area contributed by atoms with Crippen molar-refractivity contribution in [3.63, 3.8) is 0 Å². The first kappa shape index (κ1) is 19.2. The molecule has 0 N–H and O–H groups in total. The van der Waals surface area contributed by atoms with Gasteiger partial charge in [0.1, 0.15) is 0 Å². The molecule has 0 aromatic rings. The summed E-state index contributed by atoms with van der Waals surface area (Å²) >= 11 is -0.665. The van der Waals surface area contributed by atoms with Crippen LogP contribution in [-0.4, -0.2) is 0 Å². The monoisotopic (exact) mass is 388 g/mol. The Hall–Kier alpha value is -0.157. The molecule has 0 bridgehead atoms. The number of hydrogen-bond donors (Lipinski definition) is 0. The molecule has 2 rings (SSSR count). The summed E-state index contributed by atoms with van der Waals surface area (Å²) in [6.07, 6.45) is 18.1. The third-order valence-corrected chi connectivity index (χ3v) is 10.7. The number of allylic oxidation sites excluding steroid dienone is 8. The fraction of sp³-hybridized carbons (Fsp3) is 0.636. The van der Waals surface area contributed by atoms with E-state index in [2.05, 4.69) is 65.8 Å². The fourth-order valence-electron chi connectivity index (χ4n) is 3.77. The van der Waals surface area contributed by atoms with E-state index in [1.165, 1.54) is 38.5 Å². The van der Waals surface area contributed by atoms with E-state index in [9.17, 15) is 0 Å². The van der Waals surface area contributed by atoms with Gasteiger partial charge < -0.3 is 0 Å². The standard InChI is InChI=1S/2C11H17.Zr/c2*1-4-5-6-11-7-9(2)10(3)8-11;/h2*7-8H,4-6H2,1-3H3;. The molecule has 126 valence electrons. The van der Waals surface area contributed by atoms with Gasteiger partial charge in [0.15, 0.2) is 0 Å². The Morgan fingerprint density at radius 3 is 1.52 bits per heavy atom. The minimum atomic E-state index is -0.665. The van der Waals surface area contributed by atoms with E-state index in [-0.39, 0.29) is 0 Å². The maximum atomic E-state index is 2.64. The average Bonchev–Trinajstić information content (AvgIpc) is 2.91. The van der Waals surface area contributed by atoms with Crippen molar-refractivity contribution in [3.05, 3.63) is 46.6 Å². The predicted octanol–water partition coefficient (Wildman–Crippen LogP) is 7.58. The van der Waals surface area contributed by atoms with Crippen LogP contribution in [0, 0.1) is 0 Å². The zero-order chi connectivity index (χ0) is 17.1. The summed E-state index contributed by atoms with van der Waals surface area (Å²) in [4.78, 5) is 0. The van der Waals surface area contributed by atoms with Gasteiger partial charge >= 0.3 is 156 Å². The van der Waals surface area contributed by atoms with Crippen molar-refractivity contribution in [1.82, 2.24) is 0 Å². The maximum absolute atomic E-state index is 2.64. The Balaban J connectivity index is 2.14. The van der Waals surface area contributed by atoms with Crippen molar-refractivity contribution in [2.24, 2.45) is 0 Å². The summed E-state index contributed by atoms with van der Waals surface area (Å²) in [6.45, 7) is 14.3.